The zero-order valence-electron chi connectivity index (χ0n) is 25.1. The predicted molar refractivity (Wildman–Crippen MR) is 176 cm³/mol. The minimum Gasteiger partial charge on any atom is -0.385 e. The minimum atomic E-state index is -0.157. The van der Waals surface area contributed by atoms with Crippen molar-refractivity contribution in [2.24, 2.45) is 0 Å². The van der Waals surface area contributed by atoms with E-state index in [0.717, 1.165) is 34.9 Å². The topological polar surface area (TPSA) is 65.6 Å². The van der Waals surface area contributed by atoms with Crippen LogP contribution in [0.4, 0.5) is 0 Å². The number of rotatable bonds is 16. The largest absolute Gasteiger partial charge is 0.385 e. The van der Waals surface area contributed by atoms with E-state index in [1.54, 1.807) is 29.0 Å². The number of ether oxygens (including phenoxy) is 1. The normalized spacial score (nSPS) is 11.2. The van der Waals surface area contributed by atoms with Gasteiger partial charge in [0.05, 0.1) is 10.0 Å². The summed E-state index contributed by atoms with van der Waals surface area (Å²) in [5, 5.41) is 2.05. The number of H-pyrrole nitrogens is 1. The van der Waals surface area contributed by atoms with E-state index in [2.05, 4.69) is 18.0 Å². The van der Waals surface area contributed by atoms with Gasteiger partial charge in [-0.05, 0) is 72.7 Å². The number of para-hydroxylation sites is 1. The number of benzene rings is 3. The molecular formula is C35H41Cl2N3O3. The third kappa shape index (κ3) is 9.33. The molecule has 0 spiro atoms. The lowest BCUT2D eigenvalue weighted by Gasteiger charge is -2.28. The summed E-state index contributed by atoms with van der Waals surface area (Å²) in [7, 11) is 1.64. The first-order valence-corrected chi connectivity index (χ1v) is 15.8. The van der Waals surface area contributed by atoms with Crippen LogP contribution in [0.2, 0.25) is 10.0 Å². The van der Waals surface area contributed by atoms with Crippen LogP contribution in [0.3, 0.4) is 0 Å². The van der Waals surface area contributed by atoms with Crippen molar-refractivity contribution in [2.75, 3.05) is 33.4 Å². The number of aryl methyl sites for hydroxylation is 1. The van der Waals surface area contributed by atoms with Gasteiger partial charge in [-0.15, -0.1) is 0 Å². The van der Waals surface area contributed by atoms with E-state index in [4.69, 9.17) is 27.9 Å². The fourth-order valence-corrected chi connectivity index (χ4v) is 5.56. The lowest BCUT2D eigenvalue weighted by atomic mass is 10.0. The molecule has 43 heavy (non-hydrogen) atoms. The number of carbonyl (C=O) groups is 2. The highest BCUT2D eigenvalue weighted by molar-refractivity contribution is 6.42. The number of nitrogens with one attached hydrogen (secondary N) is 1. The number of amides is 2. The Kier molecular flexibility index (Phi) is 12.5. The van der Waals surface area contributed by atoms with Gasteiger partial charge in [-0.25, -0.2) is 0 Å². The van der Waals surface area contributed by atoms with E-state index in [1.165, 1.54) is 18.4 Å². The predicted octanol–water partition coefficient (Wildman–Crippen LogP) is 7.96. The van der Waals surface area contributed by atoms with Gasteiger partial charge in [0, 0.05) is 56.0 Å². The molecule has 0 aliphatic rings. The summed E-state index contributed by atoms with van der Waals surface area (Å²) < 4.78 is 5.25. The van der Waals surface area contributed by atoms with Crippen LogP contribution in [-0.4, -0.2) is 59.9 Å². The fraction of sp³-hybridized carbons (Fsp3) is 0.371. The van der Waals surface area contributed by atoms with Crippen molar-refractivity contribution in [1.82, 2.24) is 14.8 Å². The summed E-state index contributed by atoms with van der Waals surface area (Å²) in [4.78, 5) is 34.4. The molecule has 0 saturated heterocycles. The molecule has 1 aromatic heterocycles. The number of hydrogen-bond acceptors (Lipinski definition) is 3. The third-order valence-corrected chi connectivity index (χ3v) is 8.43. The molecule has 228 valence electrons. The molecule has 6 nitrogen and oxygen atoms in total. The number of nitrogens with zero attached hydrogens (tertiary/aromatic N) is 2. The van der Waals surface area contributed by atoms with Gasteiger partial charge in [0.15, 0.2) is 0 Å². The highest BCUT2D eigenvalue weighted by Gasteiger charge is 2.23. The van der Waals surface area contributed by atoms with Crippen LogP contribution in [-0.2, 0) is 28.9 Å². The van der Waals surface area contributed by atoms with Crippen LogP contribution < -0.4 is 0 Å². The van der Waals surface area contributed by atoms with Crippen LogP contribution in [0.25, 0.3) is 10.9 Å². The van der Waals surface area contributed by atoms with Crippen LogP contribution >= 0.6 is 23.2 Å². The number of carbonyl (C=O) groups excluding carboxylic acids is 2. The molecule has 4 aromatic rings. The number of aromatic nitrogens is 1. The van der Waals surface area contributed by atoms with E-state index in [0.29, 0.717) is 54.7 Å². The van der Waals surface area contributed by atoms with E-state index in [9.17, 15) is 9.59 Å². The Morgan fingerprint density at radius 3 is 2.35 bits per heavy atom. The Morgan fingerprint density at radius 2 is 1.60 bits per heavy atom. The molecular weight excluding hydrogens is 581 g/mol. The summed E-state index contributed by atoms with van der Waals surface area (Å²) in [6.07, 6.45) is 7.78. The average molecular weight is 623 g/mol. The van der Waals surface area contributed by atoms with Gasteiger partial charge in [0.25, 0.3) is 5.91 Å². The zero-order valence-corrected chi connectivity index (χ0v) is 26.6. The van der Waals surface area contributed by atoms with Crippen molar-refractivity contribution in [1.29, 1.82) is 0 Å². The number of methoxy groups -OCH3 is 1. The molecule has 0 aliphatic heterocycles. The van der Waals surface area contributed by atoms with E-state index in [1.807, 2.05) is 54.7 Å². The van der Waals surface area contributed by atoms with Crippen LogP contribution in [0.1, 0.15) is 59.7 Å². The van der Waals surface area contributed by atoms with E-state index < -0.39 is 0 Å². The molecule has 0 unspecified atom stereocenters. The van der Waals surface area contributed by atoms with Crippen LogP contribution in [0.5, 0.6) is 0 Å². The average Bonchev–Trinajstić information content (AvgIpc) is 3.43. The first kappa shape index (κ1) is 32.6. The molecule has 8 heteroatoms. The van der Waals surface area contributed by atoms with Gasteiger partial charge < -0.3 is 19.5 Å². The van der Waals surface area contributed by atoms with Crippen molar-refractivity contribution >= 4 is 45.9 Å². The second-order valence-electron chi connectivity index (χ2n) is 10.9. The standard InChI is InChI=1S/C35H41Cl2N3O3/c1-3-4-5-9-26-12-15-28(16-13-26)35(42)40(19-8-21-43-2)25-34(41)39(24-27-14-17-31(36)32(37)22-27)20-18-29-23-38-33-11-7-6-10-30(29)33/h6-7,10-17,22-23,38H,3-5,8-9,18-21,24-25H2,1-2H3. The first-order valence-electron chi connectivity index (χ1n) is 15.0. The van der Waals surface area contributed by atoms with Gasteiger partial charge in [-0.1, -0.05) is 79.4 Å². The number of hydrogen-bond donors (Lipinski definition) is 1. The number of halogens is 2. The highest BCUT2D eigenvalue weighted by Crippen LogP contribution is 2.24. The van der Waals surface area contributed by atoms with Gasteiger partial charge in [0.2, 0.25) is 5.91 Å². The van der Waals surface area contributed by atoms with E-state index >= 15 is 0 Å². The maximum absolute atomic E-state index is 13.9. The molecule has 0 atom stereocenters. The number of aromatic amines is 1. The highest BCUT2D eigenvalue weighted by atomic mass is 35.5. The lowest BCUT2D eigenvalue weighted by molar-refractivity contribution is -0.132. The first-order chi connectivity index (χ1) is 20.9. The van der Waals surface area contributed by atoms with E-state index in [-0.39, 0.29) is 18.4 Å². The van der Waals surface area contributed by atoms with Crippen molar-refractivity contribution in [3.8, 4) is 0 Å². The van der Waals surface area contributed by atoms with Gasteiger partial charge in [0.1, 0.15) is 6.54 Å². The molecule has 3 aromatic carbocycles. The minimum absolute atomic E-state index is 0.0317. The van der Waals surface area contributed by atoms with Gasteiger partial charge in [-0.2, -0.15) is 0 Å². The zero-order chi connectivity index (χ0) is 30.6. The summed E-state index contributed by atoms with van der Waals surface area (Å²) in [5.41, 5.74) is 4.87. The summed E-state index contributed by atoms with van der Waals surface area (Å²) in [6, 6.07) is 21.3. The monoisotopic (exact) mass is 621 g/mol. The van der Waals surface area contributed by atoms with Crippen molar-refractivity contribution in [2.45, 2.75) is 52.0 Å². The molecule has 2 amide bonds. The Hall–Kier alpha value is -3.32. The lowest BCUT2D eigenvalue weighted by Crippen LogP contribution is -2.44. The third-order valence-electron chi connectivity index (χ3n) is 7.70. The van der Waals surface area contributed by atoms with Crippen molar-refractivity contribution < 1.29 is 14.3 Å². The fourth-order valence-electron chi connectivity index (χ4n) is 5.24. The Balaban J connectivity index is 1.52. The maximum Gasteiger partial charge on any atom is 0.254 e. The quantitative estimate of drug-likeness (QED) is 0.129. The SMILES string of the molecule is CCCCCc1ccc(C(=O)N(CCCOC)CC(=O)N(CCc2c[nH]c3ccccc23)Cc2ccc(Cl)c(Cl)c2)cc1. The molecule has 0 radical (unpaired) electrons. The van der Waals surface area contributed by atoms with Crippen LogP contribution in [0.15, 0.2) is 72.9 Å². The second-order valence-corrected chi connectivity index (χ2v) is 11.7. The van der Waals surface area contributed by atoms with Gasteiger partial charge in [-0.3, -0.25) is 9.59 Å². The molecule has 4 rings (SSSR count). The second kappa shape index (κ2) is 16.5. The maximum atomic E-state index is 13.9. The van der Waals surface area contributed by atoms with Crippen molar-refractivity contribution in [3.05, 3.63) is 105 Å². The molecule has 1 N–H and O–H groups in total. The van der Waals surface area contributed by atoms with Gasteiger partial charge >= 0.3 is 0 Å². The Labute approximate surface area is 264 Å². The molecule has 0 saturated carbocycles. The Morgan fingerprint density at radius 1 is 0.837 bits per heavy atom. The summed E-state index contributed by atoms with van der Waals surface area (Å²) >= 11 is 12.5. The molecule has 0 bridgehead atoms. The van der Waals surface area contributed by atoms with Crippen LogP contribution in [0, 0.1) is 0 Å². The molecule has 1 heterocycles. The van der Waals surface area contributed by atoms with Crippen molar-refractivity contribution in [3.63, 3.8) is 0 Å². The summed E-state index contributed by atoms with van der Waals surface area (Å²) in [5.74, 6) is -0.288. The smallest absolute Gasteiger partial charge is 0.254 e. The summed E-state index contributed by atoms with van der Waals surface area (Å²) in [6.45, 7) is 3.91. The number of fused-ring (bicyclic) bond motifs is 1. The molecule has 0 fully saturated rings. The number of unbranched alkanes of at least 4 members (excludes halogenated alkanes) is 2. The Bertz CT molecular complexity index is 1490. The molecule has 0 aliphatic carbocycles.